The zero-order valence-corrected chi connectivity index (χ0v) is 20.7. The third-order valence-electron chi connectivity index (χ3n) is 6.59. The summed E-state index contributed by atoms with van der Waals surface area (Å²) in [7, 11) is 1.72. The number of carbonyl (C=O) groups excluding carboxylic acids is 1. The van der Waals surface area contributed by atoms with Gasteiger partial charge in [0.05, 0.1) is 11.6 Å². The van der Waals surface area contributed by atoms with Crippen LogP contribution in [0.25, 0.3) is 11.1 Å². The van der Waals surface area contributed by atoms with Gasteiger partial charge >= 0.3 is 6.09 Å². The van der Waals surface area contributed by atoms with Crippen molar-refractivity contribution in [3.8, 4) is 11.1 Å². The number of aryl methyl sites for hydroxylation is 1. The number of aliphatic hydroxyl groups is 1. The van der Waals surface area contributed by atoms with Crippen molar-refractivity contribution in [1.82, 2.24) is 9.47 Å². The van der Waals surface area contributed by atoms with Crippen molar-refractivity contribution < 1.29 is 20.1 Å². The number of benzene rings is 2. The van der Waals surface area contributed by atoms with E-state index in [1.807, 2.05) is 67.6 Å². The Morgan fingerprint density at radius 2 is 1.69 bits per heavy atom. The van der Waals surface area contributed by atoms with Gasteiger partial charge in [-0.25, -0.2) is 4.79 Å². The van der Waals surface area contributed by atoms with Gasteiger partial charge in [0.15, 0.2) is 0 Å². The van der Waals surface area contributed by atoms with Crippen molar-refractivity contribution in [2.24, 2.45) is 7.05 Å². The van der Waals surface area contributed by atoms with Crippen LogP contribution in [-0.4, -0.2) is 38.3 Å². The fourth-order valence-electron chi connectivity index (χ4n) is 4.75. The van der Waals surface area contributed by atoms with Gasteiger partial charge in [0.25, 0.3) is 5.56 Å². The van der Waals surface area contributed by atoms with Crippen molar-refractivity contribution in [3.63, 3.8) is 0 Å². The quantitative estimate of drug-likeness (QED) is 0.574. The molecular formula is C28H34N2O5. The summed E-state index contributed by atoms with van der Waals surface area (Å²) in [6.07, 6.45) is 2.28. The first-order valence-electron chi connectivity index (χ1n) is 11.6. The molecule has 0 saturated carbocycles. The number of ether oxygens (including phenoxy) is 1. The van der Waals surface area contributed by atoms with Gasteiger partial charge in [-0.15, -0.1) is 0 Å². The highest BCUT2D eigenvalue weighted by atomic mass is 16.6. The summed E-state index contributed by atoms with van der Waals surface area (Å²) in [6.45, 7) is 5.98. The Bertz CT molecular complexity index is 1210. The molecular weight excluding hydrogens is 444 g/mol. The van der Waals surface area contributed by atoms with Gasteiger partial charge in [-0.2, -0.15) is 0 Å². The van der Waals surface area contributed by atoms with E-state index in [-0.39, 0.29) is 23.2 Å². The molecule has 1 amide bonds. The lowest BCUT2D eigenvalue weighted by atomic mass is 9.80. The molecule has 0 aliphatic carbocycles. The lowest BCUT2D eigenvalue weighted by Crippen LogP contribution is -2.51. The number of pyridine rings is 1. The summed E-state index contributed by atoms with van der Waals surface area (Å²) in [5, 5.41) is 10.6. The smallest absolute Gasteiger partial charge is 0.411 e. The Labute approximate surface area is 205 Å². The topological polar surface area (TPSA) is 103 Å². The molecule has 2 aromatic carbocycles. The number of hydrogen-bond acceptors (Lipinski definition) is 4. The first kappa shape index (κ1) is 26.2. The monoisotopic (exact) mass is 478 g/mol. The Hall–Kier alpha value is -3.42. The van der Waals surface area contributed by atoms with Crippen LogP contribution < -0.4 is 5.56 Å². The zero-order chi connectivity index (χ0) is 24.5. The average Bonchev–Trinajstić information content (AvgIpc) is 2.80. The lowest BCUT2D eigenvalue weighted by molar-refractivity contribution is -0.101. The Morgan fingerprint density at radius 1 is 1.03 bits per heavy atom. The molecule has 2 atom stereocenters. The van der Waals surface area contributed by atoms with Crippen molar-refractivity contribution >= 4 is 6.09 Å². The van der Waals surface area contributed by atoms with Gasteiger partial charge in [-0.05, 0) is 49.1 Å². The minimum absolute atomic E-state index is 0. The molecule has 4 rings (SSSR count). The van der Waals surface area contributed by atoms with Gasteiger partial charge < -0.3 is 24.8 Å². The van der Waals surface area contributed by atoms with Gasteiger partial charge in [-0.3, -0.25) is 4.79 Å². The zero-order valence-electron chi connectivity index (χ0n) is 20.7. The summed E-state index contributed by atoms with van der Waals surface area (Å²) in [5.74, 6) is 0. The largest absolute Gasteiger partial charge is 0.438 e. The fourth-order valence-corrected chi connectivity index (χ4v) is 4.75. The van der Waals surface area contributed by atoms with E-state index in [1.54, 1.807) is 38.1 Å². The van der Waals surface area contributed by atoms with E-state index >= 15 is 0 Å². The number of rotatable bonds is 6. The molecule has 0 bridgehead atoms. The van der Waals surface area contributed by atoms with Crippen LogP contribution in [0.5, 0.6) is 0 Å². The van der Waals surface area contributed by atoms with Crippen LogP contribution in [0.1, 0.15) is 50.8 Å². The van der Waals surface area contributed by atoms with E-state index in [0.717, 1.165) is 22.3 Å². The van der Waals surface area contributed by atoms with Crippen molar-refractivity contribution in [2.45, 2.75) is 50.9 Å². The summed E-state index contributed by atoms with van der Waals surface area (Å²) in [6, 6.07) is 20.9. The number of cyclic esters (lactones) is 1. The standard InChI is InChI=1S/C28H32N2O4.H2O/c1-20(21-10-12-22(13-11-21)23-14-16-29(4)25(31)18-23)30-17-15-28(34-26(30)32,19-27(2,3)33)24-8-6-5-7-9-24;/h5-14,16,18,20,33H,15,17,19H2,1-4H3;1H2/t20-,28-;/m0./s1. The Morgan fingerprint density at radius 3 is 2.26 bits per heavy atom. The van der Waals surface area contributed by atoms with Crippen LogP contribution >= 0.6 is 0 Å². The van der Waals surface area contributed by atoms with Crippen LogP contribution in [-0.2, 0) is 17.4 Å². The molecule has 0 unspecified atom stereocenters. The summed E-state index contributed by atoms with van der Waals surface area (Å²) in [4.78, 5) is 26.9. The lowest BCUT2D eigenvalue weighted by Gasteiger charge is -2.45. The summed E-state index contributed by atoms with van der Waals surface area (Å²) >= 11 is 0. The second kappa shape index (κ2) is 10.1. The molecule has 1 saturated heterocycles. The second-order valence-corrected chi connectivity index (χ2v) is 9.82. The molecule has 186 valence electrons. The molecule has 7 nitrogen and oxygen atoms in total. The number of hydrogen-bond donors (Lipinski definition) is 1. The predicted molar refractivity (Wildman–Crippen MR) is 136 cm³/mol. The molecule has 2 heterocycles. The van der Waals surface area contributed by atoms with Gasteiger partial charge in [0.1, 0.15) is 5.60 Å². The van der Waals surface area contributed by atoms with Crippen LogP contribution in [0, 0.1) is 0 Å². The summed E-state index contributed by atoms with van der Waals surface area (Å²) in [5.41, 5.74) is 1.78. The molecule has 0 radical (unpaired) electrons. The third-order valence-corrected chi connectivity index (χ3v) is 6.59. The number of aromatic nitrogens is 1. The van der Waals surface area contributed by atoms with Crippen LogP contribution in [0.2, 0.25) is 0 Å². The highest BCUT2D eigenvalue weighted by molar-refractivity contribution is 5.70. The molecule has 35 heavy (non-hydrogen) atoms. The van der Waals surface area contributed by atoms with Gasteiger partial charge in [0.2, 0.25) is 0 Å². The maximum absolute atomic E-state index is 13.2. The maximum Gasteiger partial charge on any atom is 0.411 e. The highest BCUT2D eigenvalue weighted by Gasteiger charge is 2.46. The molecule has 1 fully saturated rings. The highest BCUT2D eigenvalue weighted by Crippen LogP contribution is 2.42. The molecule has 0 spiro atoms. The third kappa shape index (κ3) is 5.63. The number of carbonyl (C=O) groups is 1. The van der Waals surface area contributed by atoms with E-state index in [2.05, 4.69) is 0 Å². The van der Waals surface area contributed by atoms with Crippen LogP contribution in [0.3, 0.4) is 0 Å². The van der Waals surface area contributed by atoms with Crippen molar-refractivity contribution in [1.29, 1.82) is 0 Å². The fraction of sp³-hybridized carbons (Fsp3) is 0.357. The van der Waals surface area contributed by atoms with E-state index in [9.17, 15) is 14.7 Å². The van der Waals surface area contributed by atoms with E-state index < -0.39 is 11.2 Å². The van der Waals surface area contributed by atoms with Crippen LogP contribution in [0.4, 0.5) is 4.79 Å². The SMILES string of the molecule is C[C@@H](c1ccc(-c2ccn(C)c(=O)c2)cc1)N1CC[C@](CC(C)(C)O)(c2ccccc2)OC1=O.O. The van der Waals surface area contributed by atoms with Gasteiger partial charge in [-0.1, -0.05) is 54.6 Å². The number of amides is 1. The Kier molecular flexibility index (Phi) is 7.53. The van der Waals surface area contributed by atoms with Crippen molar-refractivity contribution in [3.05, 3.63) is 94.4 Å². The first-order valence-corrected chi connectivity index (χ1v) is 11.6. The molecule has 1 aliphatic heterocycles. The first-order chi connectivity index (χ1) is 16.1. The van der Waals surface area contributed by atoms with E-state index in [1.165, 1.54) is 4.57 Å². The average molecular weight is 479 g/mol. The van der Waals surface area contributed by atoms with E-state index in [0.29, 0.717) is 19.4 Å². The maximum atomic E-state index is 13.2. The van der Waals surface area contributed by atoms with Crippen LogP contribution in [0.15, 0.2) is 77.7 Å². The molecule has 3 aromatic rings. The molecule has 1 aliphatic rings. The predicted octanol–water partition coefficient (Wildman–Crippen LogP) is 4.19. The Balaban J connectivity index is 0.00000342. The van der Waals surface area contributed by atoms with E-state index in [4.69, 9.17) is 4.74 Å². The molecule has 1 aromatic heterocycles. The van der Waals surface area contributed by atoms with Crippen molar-refractivity contribution in [2.75, 3.05) is 6.54 Å². The minimum Gasteiger partial charge on any atom is -0.438 e. The van der Waals surface area contributed by atoms with Gasteiger partial charge in [0, 0.05) is 38.7 Å². The molecule has 3 N–H and O–H groups in total. The summed E-state index contributed by atoms with van der Waals surface area (Å²) < 4.78 is 7.64. The molecule has 7 heteroatoms. The normalized spacial score (nSPS) is 19.0. The minimum atomic E-state index is -0.988. The second-order valence-electron chi connectivity index (χ2n) is 9.82. The number of nitrogens with zero attached hydrogens (tertiary/aromatic N) is 2.